The van der Waals surface area contributed by atoms with Crippen molar-refractivity contribution in [1.82, 2.24) is 20.3 Å². The highest BCUT2D eigenvalue weighted by Crippen LogP contribution is 2.67. The van der Waals surface area contributed by atoms with Crippen LogP contribution in [-0.4, -0.2) is 56.0 Å². The molecule has 1 aromatic rings. The number of carbonyl (C=O) groups is 1. The number of nitrogens with zero attached hydrogens (tertiary/aromatic N) is 3. The number of hydrogen-bond acceptors (Lipinski definition) is 7. The maximum Gasteiger partial charge on any atom is 0.327 e. The van der Waals surface area contributed by atoms with Gasteiger partial charge in [-0.05, 0) is 99.7 Å². The van der Waals surface area contributed by atoms with Crippen LogP contribution in [0.4, 0.5) is 0 Å². The molecule has 8 atom stereocenters. The molecule has 3 N–H and O–H groups in total. The van der Waals surface area contributed by atoms with Crippen LogP contribution in [0.1, 0.15) is 84.8 Å². The van der Waals surface area contributed by atoms with Gasteiger partial charge in [0, 0.05) is 13.1 Å². The summed E-state index contributed by atoms with van der Waals surface area (Å²) in [5, 5.41) is 33.6. The number of aliphatic hydroxyl groups is 2. The Morgan fingerprint density at radius 2 is 2.05 bits per heavy atom. The normalized spacial score (nSPS) is 38.6. The Morgan fingerprint density at radius 3 is 2.84 bits per heavy atom. The maximum absolute atomic E-state index is 11.7. The molecule has 4 aliphatic carbocycles. The largest absolute Gasteiger partial charge is 0.465 e. The van der Waals surface area contributed by atoms with E-state index < -0.39 is 5.60 Å². The number of aromatic nitrogens is 3. The van der Waals surface area contributed by atoms with Crippen LogP contribution < -0.4 is 5.32 Å². The van der Waals surface area contributed by atoms with Gasteiger partial charge in [-0.15, -0.1) is 5.10 Å². The van der Waals surface area contributed by atoms with Crippen LogP contribution in [0.2, 0.25) is 0 Å². The third-order valence-electron chi connectivity index (χ3n) is 10.8. The monoisotopic (exact) mass is 514 g/mol. The number of ether oxygens (including phenoxy) is 1. The molecule has 0 spiro atoms. The molecule has 8 heteroatoms. The summed E-state index contributed by atoms with van der Waals surface area (Å²) in [5.41, 5.74) is 1.83. The van der Waals surface area contributed by atoms with Crippen molar-refractivity contribution < 1.29 is 19.7 Å². The lowest BCUT2D eigenvalue weighted by Crippen LogP contribution is -2.54. The van der Waals surface area contributed by atoms with Crippen LogP contribution in [0, 0.1) is 34.5 Å². The van der Waals surface area contributed by atoms with E-state index in [1.165, 1.54) is 29.5 Å². The van der Waals surface area contributed by atoms with E-state index in [2.05, 4.69) is 35.6 Å². The van der Waals surface area contributed by atoms with Crippen LogP contribution >= 0.6 is 0 Å². The SMILES string of the molecule is CCOC(=O)Cn1cc(CNC[C@](C)(O)[C@H]2CC[C@H]3[C@@H]4CC=C5C[C@@H](O)CC[C@]5(C)[C@H]4CC[C@@]32C)nn1. The zero-order chi connectivity index (χ0) is 26.4. The van der Waals surface area contributed by atoms with Crippen LogP contribution in [0.15, 0.2) is 17.8 Å². The van der Waals surface area contributed by atoms with Gasteiger partial charge in [0.25, 0.3) is 0 Å². The zero-order valence-corrected chi connectivity index (χ0v) is 23.1. The lowest BCUT2D eigenvalue weighted by molar-refractivity contribution is -0.144. The van der Waals surface area contributed by atoms with Crippen molar-refractivity contribution in [1.29, 1.82) is 0 Å². The number of aliphatic hydroxyl groups excluding tert-OH is 1. The van der Waals surface area contributed by atoms with E-state index >= 15 is 0 Å². The van der Waals surface area contributed by atoms with Gasteiger partial charge in [0.2, 0.25) is 0 Å². The van der Waals surface area contributed by atoms with Gasteiger partial charge in [0.15, 0.2) is 0 Å². The number of allylic oxidation sites excluding steroid dienone is 1. The first-order chi connectivity index (χ1) is 17.6. The quantitative estimate of drug-likeness (QED) is 0.359. The molecule has 5 rings (SSSR count). The van der Waals surface area contributed by atoms with Crippen molar-refractivity contribution >= 4 is 5.97 Å². The fourth-order valence-electron chi connectivity index (χ4n) is 9.07. The molecule has 3 fully saturated rings. The molecule has 0 aliphatic heterocycles. The summed E-state index contributed by atoms with van der Waals surface area (Å²) in [5.74, 6) is 1.97. The van der Waals surface area contributed by atoms with Gasteiger partial charge in [-0.2, -0.15) is 0 Å². The minimum absolute atomic E-state index is 0.0544. The minimum Gasteiger partial charge on any atom is -0.465 e. The molecule has 0 bridgehead atoms. The van der Waals surface area contributed by atoms with Crippen molar-refractivity contribution in [2.45, 2.75) is 104 Å². The van der Waals surface area contributed by atoms with Gasteiger partial charge in [-0.3, -0.25) is 4.79 Å². The average molecular weight is 515 g/mol. The molecule has 37 heavy (non-hydrogen) atoms. The maximum atomic E-state index is 11.7. The van der Waals surface area contributed by atoms with Crippen LogP contribution in [0.5, 0.6) is 0 Å². The van der Waals surface area contributed by atoms with E-state index in [1.54, 1.807) is 13.1 Å². The summed E-state index contributed by atoms with van der Waals surface area (Å²) in [7, 11) is 0. The van der Waals surface area contributed by atoms with E-state index in [1.807, 2.05) is 6.92 Å². The highest BCUT2D eigenvalue weighted by molar-refractivity contribution is 5.68. The van der Waals surface area contributed by atoms with Crippen molar-refractivity contribution in [3.8, 4) is 0 Å². The van der Waals surface area contributed by atoms with Crippen LogP contribution in [0.25, 0.3) is 0 Å². The minimum atomic E-state index is -0.814. The van der Waals surface area contributed by atoms with Gasteiger partial charge in [-0.25, -0.2) is 4.68 Å². The third-order valence-corrected chi connectivity index (χ3v) is 10.8. The van der Waals surface area contributed by atoms with Crippen molar-refractivity contribution in [3.05, 3.63) is 23.5 Å². The molecule has 4 aliphatic rings. The Morgan fingerprint density at radius 1 is 1.24 bits per heavy atom. The Kier molecular flexibility index (Phi) is 7.31. The summed E-state index contributed by atoms with van der Waals surface area (Å²) in [6.07, 6.45) is 12.8. The standard InChI is InChI=1S/C29H46N4O4/c1-5-37-26(35)17-33-16-20(31-32-33)15-30-18-29(4,36)25-9-8-23-22-7-6-19-14-21(34)10-12-27(19,2)24(22)11-13-28(23,25)3/h6,16,21-25,30,34,36H,5,7-15,17-18H2,1-4H3/t21-,22-,23-,24-,25-,27-,28-,29-/m0/s1. The van der Waals surface area contributed by atoms with Gasteiger partial charge < -0.3 is 20.3 Å². The summed E-state index contributed by atoms with van der Waals surface area (Å²) in [4.78, 5) is 11.7. The van der Waals surface area contributed by atoms with E-state index in [4.69, 9.17) is 4.74 Å². The first-order valence-electron chi connectivity index (χ1n) is 14.4. The van der Waals surface area contributed by atoms with Gasteiger partial charge in [0.1, 0.15) is 6.54 Å². The molecule has 1 aromatic heterocycles. The number of esters is 1. The molecule has 206 valence electrons. The zero-order valence-electron chi connectivity index (χ0n) is 23.1. The molecular formula is C29H46N4O4. The van der Waals surface area contributed by atoms with E-state index in [0.717, 1.165) is 37.8 Å². The predicted octanol–water partition coefficient (Wildman–Crippen LogP) is 3.62. The Bertz CT molecular complexity index is 1020. The summed E-state index contributed by atoms with van der Waals surface area (Å²) >= 11 is 0. The molecule has 0 aromatic carbocycles. The molecule has 8 nitrogen and oxygen atoms in total. The first-order valence-corrected chi connectivity index (χ1v) is 14.4. The summed E-state index contributed by atoms with van der Waals surface area (Å²) in [6.45, 7) is 10.1. The molecule has 0 unspecified atom stereocenters. The second-order valence-electron chi connectivity index (χ2n) is 13.0. The highest BCUT2D eigenvalue weighted by Gasteiger charge is 2.61. The molecule has 0 saturated heterocycles. The average Bonchev–Trinajstić information content (AvgIpc) is 3.43. The van der Waals surface area contributed by atoms with Crippen LogP contribution in [0.3, 0.4) is 0 Å². The fourth-order valence-corrected chi connectivity index (χ4v) is 9.07. The van der Waals surface area contributed by atoms with Crippen molar-refractivity contribution in [3.63, 3.8) is 0 Å². The number of hydrogen-bond donors (Lipinski definition) is 3. The van der Waals surface area contributed by atoms with Crippen LogP contribution in [-0.2, 0) is 22.6 Å². The third kappa shape index (κ3) is 4.89. The van der Waals surface area contributed by atoms with Crippen molar-refractivity contribution in [2.24, 2.45) is 34.5 Å². The second-order valence-corrected chi connectivity index (χ2v) is 13.0. The summed E-state index contributed by atoms with van der Waals surface area (Å²) in [6, 6.07) is 0. The van der Waals surface area contributed by atoms with E-state index in [0.29, 0.717) is 37.5 Å². The lowest BCUT2D eigenvalue weighted by Gasteiger charge is -2.59. The van der Waals surface area contributed by atoms with Gasteiger partial charge in [0.05, 0.1) is 30.2 Å². The lowest BCUT2D eigenvalue weighted by atomic mass is 9.47. The number of nitrogens with one attached hydrogen (secondary N) is 1. The second kappa shape index (κ2) is 10.1. The van der Waals surface area contributed by atoms with Gasteiger partial charge >= 0.3 is 5.97 Å². The molecule has 1 heterocycles. The first kappa shape index (κ1) is 26.8. The molecular weight excluding hydrogens is 468 g/mol. The number of rotatable bonds is 8. The predicted molar refractivity (Wildman–Crippen MR) is 140 cm³/mol. The Labute approximate surface area is 221 Å². The topological polar surface area (TPSA) is 110 Å². The van der Waals surface area contributed by atoms with Gasteiger partial charge in [-0.1, -0.05) is 30.7 Å². The number of fused-ring (bicyclic) bond motifs is 5. The molecule has 3 saturated carbocycles. The molecule has 0 amide bonds. The Balaban J connectivity index is 1.21. The molecule has 0 radical (unpaired) electrons. The highest BCUT2D eigenvalue weighted by atomic mass is 16.5. The van der Waals surface area contributed by atoms with Crippen molar-refractivity contribution in [2.75, 3.05) is 13.2 Å². The number of carbonyl (C=O) groups excluding carboxylic acids is 1. The Hall–Kier alpha value is -1.77. The fraction of sp³-hybridized carbons (Fsp3) is 0.828. The van der Waals surface area contributed by atoms with E-state index in [-0.39, 0.29) is 35.4 Å². The van der Waals surface area contributed by atoms with E-state index in [9.17, 15) is 15.0 Å². The summed E-state index contributed by atoms with van der Waals surface area (Å²) < 4.78 is 6.46. The smallest absolute Gasteiger partial charge is 0.327 e.